The van der Waals surface area contributed by atoms with E-state index < -0.39 is 23.5 Å². The van der Waals surface area contributed by atoms with Crippen LogP contribution in [0.25, 0.3) is 0 Å². The molecule has 0 aliphatic carbocycles. The summed E-state index contributed by atoms with van der Waals surface area (Å²) in [5.41, 5.74) is -0.178. The summed E-state index contributed by atoms with van der Waals surface area (Å²) < 4.78 is 39.7. The molecular weight excluding hydrogens is 287 g/mol. The Morgan fingerprint density at radius 3 is 2.33 bits per heavy atom. The molecule has 0 radical (unpaired) electrons. The van der Waals surface area contributed by atoms with Gasteiger partial charge in [-0.1, -0.05) is 23.4 Å². The molecule has 0 saturated carbocycles. The highest BCUT2D eigenvalue weighted by atomic mass is 19.4. The molecule has 1 aromatic heterocycles. The van der Waals surface area contributed by atoms with E-state index >= 15 is 0 Å². The third kappa shape index (κ3) is 2.88. The number of halogens is 3. The van der Waals surface area contributed by atoms with Crippen molar-refractivity contribution >= 4 is 5.97 Å². The van der Waals surface area contributed by atoms with Crippen LogP contribution in [0.1, 0.15) is 32.9 Å². The van der Waals surface area contributed by atoms with E-state index in [4.69, 9.17) is 5.11 Å². The molecule has 0 aliphatic heterocycles. The second-order valence-corrected chi connectivity index (χ2v) is 4.62. The predicted molar refractivity (Wildman–Crippen MR) is 67.0 cm³/mol. The van der Waals surface area contributed by atoms with Crippen LogP contribution in [0.3, 0.4) is 0 Å². The topological polar surface area (TPSA) is 68.0 Å². The van der Waals surface area contributed by atoms with Gasteiger partial charge in [0.1, 0.15) is 0 Å². The lowest BCUT2D eigenvalue weighted by Gasteiger charge is -2.13. The number of aryl methyl sites for hydroxylation is 2. The molecule has 1 N–H and O–H groups in total. The van der Waals surface area contributed by atoms with Crippen molar-refractivity contribution in [2.45, 2.75) is 26.6 Å². The van der Waals surface area contributed by atoms with Crippen molar-refractivity contribution in [1.82, 2.24) is 15.0 Å². The molecule has 0 saturated heterocycles. The number of carboxylic acids is 1. The first-order chi connectivity index (χ1) is 9.71. The molecule has 1 aromatic carbocycles. The Hall–Kier alpha value is -2.38. The molecule has 0 unspecified atom stereocenters. The Kier molecular flexibility index (Phi) is 3.71. The van der Waals surface area contributed by atoms with Crippen molar-refractivity contribution in [2.24, 2.45) is 0 Å². The number of carbonyl (C=O) groups is 1. The van der Waals surface area contributed by atoms with Crippen molar-refractivity contribution in [3.8, 4) is 0 Å². The maximum absolute atomic E-state index is 13.0. The normalized spacial score (nSPS) is 11.7. The molecule has 8 heteroatoms. The summed E-state index contributed by atoms with van der Waals surface area (Å²) in [7, 11) is 0. The van der Waals surface area contributed by atoms with E-state index in [1.807, 2.05) is 0 Å². The summed E-state index contributed by atoms with van der Waals surface area (Å²) in [6.45, 7) is 3.35. The molecule has 0 fully saturated rings. The molecule has 0 aliphatic rings. The number of hydrogen-bond donors (Lipinski definition) is 1. The van der Waals surface area contributed by atoms with Gasteiger partial charge < -0.3 is 5.11 Å². The van der Waals surface area contributed by atoms with Crippen molar-refractivity contribution in [3.05, 3.63) is 46.3 Å². The first-order valence-corrected chi connectivity index (χ1v) is 6.01. The summed E-state index contributed by atoms with van der Waals surface area (Å²) in [6, 6.07) is 5.33. The molecule has 5 nitrogen and oxygen atoms in total. The molecule has 21 heavy (non-hydrogen) atoms. The summed E-state index contributed by atoms with van der Waals surface area (Å²) in [5.74, 6) is -1.75. The van der Waals surface area contributed by atoms with Crippen LogP contribution >= 0.6 is 0 Å². The van der Waals surface area contributed by atoms with E-state index in [2.05, 4.69) is 10.3 Å². The summed E-state index contributed by atoms with van der Waals surface area (Å²) in [6.07, 6.45) is -4.84. The Labute approximate surface area is 118 Å². The van der Waals surface area contributed by atoms with Gasteiger partial charge in [-0.2, -0.15) is 13.2 Å². The minimum absolute atomic E-state index is 0.187. The highest BCUT2D eigenvalue weighted by Gasteiger charge is 2.41. The summed E-state index contributed by atoms with van der Waals surface area (Å²) >= 11 is 0. The zero-order valence-electron chi connectivity index (χ0n) is 11.3. The largest absolute Gasteiger partial charge is 0.476 e. The van der Waals surface area contributed by atoms with Crippen LogP contribution in [0, 0.1) is 13.8 Å². The number of aromatic carboxylic acids is 1. The quantitative estimate of drug-likeness (QED) is 0.946. The molecule has 1 heterocycles. The van der Waals surface area contributed by atoms with Crippen LogP contribution in [0.5, 0.6) is 0 Å². The van der Waals surface area contributed by atoms with E-state index in [0.29, 0.717) is 10.2 Å². The maximum atomic E-state index is 13.0. The number of alkyl halides is 3. The number of rotatable bonds is 3. The van der Waals surface area contributed by atoms with Gasteiger partial charge in [0.2, 0.25) is 5.69 Å². The second kappa shape index (κ2) is 5.19. The SMILES string of the molecule is Cc1cccc(C)c1Cn1nnc(C(=O)O)c1C(F)(F)F. The van der Waals surface area contributed by atoms with E-state index in [-0.39, 0.29) is 6.54 Å². The number of hydrogen-bond acceptors (Lipinski definition) is 3. The first-order valence-electron chi connectivity index (χ1n) is 6.01. The van der Waals surface area contributed by atoms with Crippen LogP contribution in [0.15, 0.2) is 18.2 Å². The van der Waals surface area contributed by atoms with Crippen LogP contribution < -0.4 is 0 Å². The van der Waals surface area contributed by atoms with Crippen molar-refractivity contribution < 1.29 is 23.1 Å². The fourth-order valence-electron chi connectivity index (χ4n) is 2.10. The average Bonchev–Trinajstić information content (AvgIpc) is 2.77. The minimum Gasteiger partial charge on any atom is -0.476 e. The lowest BCUT2D eigenvalue weighted by atomic mass is 10.0. The molecule has 2 rings (SSSR count). The molecule has 112 valence electrons. The monoisotopic (exact) mass is 299 g/mol. The summed E-state index contributed by atoms with van der Waals surface area (Å²) in [4.78, 5) is 10.9. The van der Waals surface area contributed by atoms with Gasteiger partial charge >= 0.3 is 12.1 Å². The molecule has 0 atom stereocenters. The van der Waals surface area contributed by atoms with Gasteiger partial charge in [0.25, 0.3) is 0 Å². The lowest BCUT2D eigenvalue weighted by molar-refractivity contribution is -0.144. The minimum atomic E-state index is -4.84. The zero-order valence-corrected chi connectivity index (χ0v) is 11.3. The molecule has 0 amide bonds. The third-order valence-electron chi connectivity index (χ3n) is 3.16. The van der Waals surface area contributed by atoms with Crippen LogP contribution in [-0.4, -0.2) is 26.1 Å². The highest BCUT2D eigenvalue weighted by Crippen LogP contribution is 2.31. The first kappa shape index (κ1) is 15.0. The van der Waals surface area contributed by atoms with Gasteiger partial charge in [0, 0.05) is 0 Å². The highest BCUT2D eigenvalue weighted by molar-refractivity contribution is 5.86. The van der Waals surface area contributed by atoms with Gasteiger partial charge in [-0.3, -0.25) is 0 Å². The van der Waals surface area contributed by atoms with E-state index in [1.54, 1.807) is 32.0 Å². The second-order valence-electron chi connectivity index (χ2n) is 4.62. The Bertz CT molecular complexity index is 672. The Morgan fingerprint density at radius 1 is 1.29 bits per heavy atom. The fraction of sp³-hybridized carbons (Fsp3) is 0.308. The van der Waals surface area contributed by atoms with E-state index in [1.165, 1.54) is 0 Å². The Morgan fingerprint density at radius 2 is 1.86 bits per heavy atom. The smallest absolute Gasteiger partial charge is 0.435 e. The van der Waals surface area contributed by atoms with Gasteiger partial charge in [-0.05, 0) is 30.5 Å². The number of carboxylic acid groups (broad SMARTS) is 1. The van der Waals surface area contributed by atoms with Gasteiger partial charge in [0.05, 0.1) is 6.54 Å². The van der Waals surface area contributed by atoms with E-state index in [9.17, 15) is 18.0 Å². The zero-order chi connectivity index (χ0) is 15.8. The van der Waals surface area contributed by atoms with Crippen molar-refractivity contribution in [2.75, 3.05) is 0 Å². The molecule has 0 spiro atoms. The number of benzene rings is 1. The maximum Gasteiger partial charge on any atom is 0.435 e. The third-order valence-corrected chi connectivity index (χ3v) is 3.16. The van der Waals surface area contributed by atoms with E-state index in [0.717, 1.165) is 11.1 Å². The summed E-state index contributed by atoms with van der Waals surface area (Å²) in [5, 5.41) is 15.3. The molecule has 0 bridgehead atoms. The van der Waals surface area contributed by atoms with Crippen molar-refractivity contribution in [1.29, 1.82) is 0 Å². The van der Waals surface area contributed by atoms with Crippen LogP contribution in [-0.2, 0) is 12.7 Å². The lowest BCUT2D eigenvalue weighted by Crippen LogP contribution is -2.19. The Balaban J connectivity index is 2.53. The average molecular weight is 299 g/mol. The van der Waals surface area contributed by atoms with Gasteiger partial charge in [-0.25, -0.2) is 9.48 Å². The van der Waals surface area contributed by atoms with Gasteiger partial charge in [0.15, 0.2) is 5.69 Å². The number of nitrogens with zero attached hydrogens (tertiary/aromatic N) is 3. The molecular formula is C13H12F3N3O2. The van der Waals surface area contributed by atoms with Crippen molar-refractivity contribution in [3.63, 3.8) is 0 Å². The van der Waals surface area contributed by atoms with Crippen LogP contribution in [0.2, 0.25) is 0 Å². The number of aromatic nitrogens is 3. The predicted octanol–water partition coefficient (Wildman–Crippen LogP) is 2.66. The standard InChI is InChI=1S/C13H12F3N3O2/c1-7-4-3-5-8(2)9(7)6-19-11(13(14,15)16)10(12(20)21)17-18-19/h3-5H,6H2,1-2H3,(H,20,21). The van der Waals surface area contributed by atoms with Gasteiger partial charge in [-0.15, -0.1) is 5.10 Å². The fourth-order valence-corrected chi connectivity index (χ4v) is 2.10. The van der Waals surface area contributed by atoms with Crippen LogP contribution in [0.4, 0.5) is 13.2 Å². The molecule has 2 aromatic rings.